The molecule has 3 nitrogen and oxygen atoms in total. The van der Waals surface area contributed by atoms with Gasteiger partial charge in [-0.3, -0.25) is 4.79 Å². The van der Waals surface area contributed by atoms with E-state index in [9.17, 15) is 18.0 Å². The second-order valence-electron chi connectivity index (χ2n) is 4.00. The first-order valence-corrected chi connectivity index (χ1v) is 7.15. The molecule has 1 amide bonds. The summed E-state index contributed by atoms with van der Waals surface area (Å²) in [6, 6.07) is 6.49. The molecule has 0 radical (unpaired) electrons. The Bertz CT molecular complexity index is 672. The second kappa shape index (κ2) is 6.15. The highest BCUT2D eigenvalue weighted by molar-refractivity contribution is 9.10. The van der Waals surface area contributed by atoms with E-state index in [4.69, 9.17) is 0 Å². The van der Waals surface area contributed by atoms with Crippen LogP contribution in [-0.4, -0.2) is 10.9 Å². The minimum Gasteiger partial charge on any atom is -0.320 e. The van der Waals surface area contributed by atoms with Crippen LogP contribution in [-0.2, 0) is 6.18 Å². The number of aromatic nitrogens is 1. The van der Waals surface area contributed by atoms with Crippen LogP contribution in [0.1, 0.15) is 16.1 Å². The Kier molecular flexibility index (Phi) is 4.67. The molecule has 110 valence electrons. The van der Waals surface area contributed by atoms with Gasteiger partial charge in [0.05, 0.1) is 11.3 Å². The van der Waals surface area contributed by atoms with Crippen molar-refractivity contribution in [1.29, 1.82) is 0 Å². The maximum atomic E-state index is 12.9. The van der Waals surface area contributed by atoms with Gasteiger partial charge in [0.1, 0.15) is 5.69 Å². The van der Waals surface area contributed by atoms with Crippen LogP contribution in [0.3, 0.4) is 0 Å². The van der Waals surface area contributed by atoms with Crippen LogP contribution < -0.4 is 5.32 Å². The molecule has 1 heterocycles. The number of halogens is 5. The molecule has 1 N–H and O–H groups in total. The van der Waals surface area contributed by atoms with Crippen LogP contribution >= 0.6 is 31.9 Å². The Hall–Kier alpha value is -1.41. The fourth-order valence-electron chi connectivity index (χ4n) is 1.56. The van der Waals surface area contributed by atoms with Crippen molar-refractivity contribution in [3.8, 4) is 0 Å². The van der Waals surface area contributed by atoms with Crippen molar-refractivity contribution < 1.29 is 18.0 Å². The van der Waals surface area contributed by atoms with Crippen LogP contribution in [0.25, 0.3) is 0 Å². The van der Waals surface area contributed by atoms with Gasteiger partial charge in [-0.05, 0) is 46.3 Å². The average molecular weight is 424 g/mol. The van der Waals surface area contributed by atoms with Gasteiger partial charge in [0.25, 0.3) is 5.91 Å². The van der Waals surface area contributed by atoms with E-state index < -0.39 is 17.6 Å². The van der Waals surface area contributed by atoms with Crippen LogP contribution in [0.4, 0.5) is 18.9 Å². The third kappa shape index (κ3) is 4.04. The van der Waals surface area contributed by atoms with Gasteiger partial charge in [-0.15, -0.1) is 0 Å². The summed E-state index contributed by atoms with van der Waals surface area (Å²) in [6.45, 7) is 0. The molecule has 8 heteroatoms. The molecule has 2 aromatic rings. The molecule has 1 aromatic heterocycles. The first-order valence-electron chi connectivity index (χ1n) is 5.57. The zero-order valence-electron chi connectivity index (χ0n) is 10.2. The lowest BCUT2D eigenvalue weighted by Gasteiger charge is -2.14. The number of benzene rings is 1. The van der Waals surface area contributed by atoms with Crippen molar-refractivity contribution in [2.45, 2.75) is 6.18 Å². The van der Waals surface area contributed by atoms with Gasteiger partial charge < -0.3 is 5.32 Å². The lowest BCUT2D eigenvalue weighted by Crippen LogP contribution is -2.17. The molecule has 0 spiro atoms. The van der Waals surface area contributed by atoms with E-state index in [1.165, 1.54) is 24.4 Å². The topological polar surface area (TPSA) is 42.0 Å². The number of nitrogens with zero attached hydrogens (tertiary/aromatic N) is 1. The summed E-state index contributed by atoms with van der Waals surface area (Å²) in [4.78, 5) is 15.8. The first kappa shape index (κ1) is 16.0. The molecule has 0 saturated carbocycles. The van der Waals surface area contributed by atoms with Crippen LogP contribution in [0.5, 0.6) is 0 Å². The Morgan fingerprint density at radius 3 is 2.33 bits per heavy atom. The number of anilines is 1. The van der Waals surface area contributed by atoms with Crippen molar-refractivity contribution in [2.75, 3.05) is 5.32 Å². The lowest BCUT2D eigenvalue weighted by molar-refractivity contribution is -0.136. The van der Waals surface area contributed by atoms with Gasteiger partial charge in [0, 0.05) is 15.1 Å². The van der Waals surface area contributed by atoms with Crippen molar-refractivity contribution >= 4 is 43.5 Å². The van der Waals surface area contributed by atoms with E-state index in [2.05, 4.69) is 42.2 Å². The summed E-state index contributed by atoms with van der Waals surface area (Å²) >= 11 is 6.14. The number of amides is 1. The number of rotatable bonds is 2. The SMILES string of the molecule is O=C(Nc1ccc(Br)cc1C(F)(F)F)c1ccc(Br)cn1. The molecular formula is C13H7Br2F3N2O. The molecule has 0 fully saturated rings. The van der Waals surface area contributed by atoms with Crippen LogP contribution in [0, 0.1) is 0 Å². The predicted molar refractivity (Wildman–Crippen MR) is 79.0 cm³/mol. The van der Waals surface area contributed by atoms with E-state index in [1.54, 1.807) is 6.07 Å². The molecule has 1 aromatic carbocycles. The van der Waals surface area contributed by atoms with Crippen LogP contribution in [0.2, 0.25) is 0 Å². The number of pyridine rings is 1. The number of hydrogen-bond acceptors (Lipinski definition) is 2. The Balaban J connectivity index is 2.31. The Labute approximate surface area is 134 Å². The highest BCUT2D eigenvalue weighted by atomic mass is 79.9. The predicted octanol–water partition coefficient (Wildman–Crippen LogP) is 4.88. The molecule has 0 aliphatic carbocycles. The fourth-order valence-corrected chi connectivity index (χ4v) is 2.15. The number of hydrogen-bond donors (Lipinski definition) is 1. The molecule has 0 bridgehead atoms. The van der Waals surface area contributed by atoms with Gasteiger partial charge in [-0.1, -0.05) is 15.9 Å². The zero-order valence-corrected chi connectivity index (χ0v) is 13.4. The Morgan fingerprint density at radius 1 is 1.10 bits per heavy atom. The maximum absolute atomic E-state index is 12.9. The van der Waals surface area contributed by atoms with Crippen molar-refractivity contribution in [1.82, 2.24) is 4.98 Å². The second-order valence-corrected chi connectivity index (χ2v) is 5.83. The zero-order chi connectivity index (χ0) is 15.6. The van der Waals surface area contributed by atoms with Crippen molar-refractivity contribution in [3.05, 3.63) is 56.7 Å². The van der Waals surface area contributed by atoms with E-state index in [-0.39, 0.29) is 15.9 Å². The molecule has 21 heavy (non-hydrogen) atoms. The number of carbonyl (C=O) groups is 1. The minimum atomic E-state index is -4.57. The molecule has 0 atom stereocenters. The van der Waals surface area contributed by atoms with Gasteiger partial charge in [0.15, 0.2) is 0 Å². The molecule has 0 aliphatic rings. The molecule has 0 unspecified atom stereocenters. The number of alkyl halides is 3. The molecule has 0 saturated heterocycles. The molecule has 2 rings (SSSR count). The van der Waals surface area contributed by atoms with Crippen LogP contribution in [0.15, 0.2) is 45.5 Å². The summed E-state index contributed by atoms with van der Waals surface area (Å²) in [6.07, 6.45) is -3.18. The maximum Gasteiger partial charge on any atom is 0.418 e. The van der Waals surface area contributed by atoms with Gasteiger partial charge in [-0.2, -0.15) is 13.2 Å². The fraction of sp³-hybridized carbons (Fsp3) is 0.0769. The Morgan fingerprint density at radius 2 is 1.76 bits per heavy atom. The van der Waals surface area contributed by atoms with Crippen molar-refractivity contribution in [3.63, 3.8) is 0 Å². The summed E-state index contributed by atoms with van der Waals surface area (Å²) < 4.78 is 39.8. The van der Waals surface area contributed by atoms with E-state index in [0.29, 0.717) is 4.47 Å². The molecule has 0 aliphatic heterocycles. The van der Waals surface area contributed by atoms with E-state index in [1.807, 2.05) is 0 Å². The minimum absolute atomic E-state index is 0.0224. The summed E-state index contributed by atoms with van der Waals surface area (Å²) in [5.41, 5.74) is -1.23. The lowest BCUT2D eigenvalue weighted by atomic mass is 10.1. The monoisotopic (exact) mass is 422 g/mol. The summed E-state index contributed by atoms with van der Waals surface area (Å²) in [5, 5.41) is 2.22. The third-order valence-corrected chi connectivity index (χ3v) is 3.46. The number of nitrogens with one attached hydrogen (secondary N) is 1. The van der Waals surface area contributed by atoms with Gasteiger partial charge in [-0.25, -0.2) is 4.98 Å². The molecular weight excluding hydrogens is 417 g/mol. The smallest absolute Gasteiger partial charge is 0.320 e. The third-order valence-electron chi connectivity index (χ3n) is 2.50. The van der Waals surface area contributed by atoms with Crippen molar-refractivity contribution in [2.24, 2.45) is 0 Å². The highest BCUT2D eigenvalue weighted by Gasteiger charge is 2.34. The summed E-state index contributed by atoms with van der Waals surface area (Å²) in [5.74, 6) is -0.713. The highest BCUT2D eigenvalue weighted by Crippen LogP contribution is 2.36. The quantitative estimate of drug-likeness (QED) is 0.748. The van der Waals surface area contributed by atoms with E-state index in [0.717, 1.165) is 6.07 Å². The van der Waals surface area contributed by atoms with E-state index >= 15 is 0 Å². The van der Waals surface area contributed by atoms with Gasteiger partial charge in [0.2, 0.25) is 0 Å². The first-order chi connectivity index (χ1) is 9.77. The normalized spacial score (nSPS) is 11.3. The standard InChI is InChI=1S/C13H7Br2F3N2O/c14-7-1-3-10(9(5-7)13(16,17)18)20-12(21)11-4-2-8(15)6-19-11/h1-6H,(H,20,21). The largest absolute Gasteiger partial charge is 0.418 e. The summed E-state index contributed by atoms with van der Waals surface area (Å²) in [7, 11) is 0. The van der Waals surface area contributed by atoms with Gasteiger partial charge >= 0.3 is 6.18 Å². The average Bonchev–Trinajstić information content (AvgIpc) is 2.40. The number of carbonyl (C=O) groups excluding carboxylic acids is 1.